The maximum atomic E-state index is 8.68. The second kappa shape index (κ2) is 4.73. The topological polar surface area (TPSA) is 42.2 Å². The number of ether oxygens (including phenoxy) is 2. The Bertz CT molecular complexity index is 528. The van der Waals surface area contributed by atoms with Crippen LogP contribution in [0.4, 0.5) is 0 Å². The smallest absolute Gasteiger partial charge is 0.132 e. The number of methoxy groups -OCH3 is 1. The van der Waals surface area contributed by atoms with Crippen LogP contribution >= 0.6 is 0 Å². The van der Waals surface area contributed by atoms with Gasteiger partial charge in [-0.1, -0.05) is 6.07 Å². The normalized spacial score (nSPS) is 20.8. The van der Waals surface area contributed by atoms with E-state index >= 15 is 0 Å². The van der Waals surface area contributed by atoms with E-state index in [9.17, 15) is 0 Å². The molecule has 1 aromatic rings. The Kier molecular flexibility index (Phi) is 3.29. The first-order valence-corrected chi connectivity index (χ1v) is 6.02. The number of rotatable bonds is 3. The Labute approximate surface area is 108 Å². The molecular weight excluding hydrogens is 226 g/mol. The lowest BCUT2D eigenvalue weighted by atomic mass is 9.94. The molecule has 0 saturated heterocycles. The Morgan fingerprint density at radius 2 is 2.22 bits per heavy atom. The highest BCUT2D eigenvalue weighted by molar-refractivity contribution is 5.69. The quantitative estimate of drug-likeness (QED) is 0.816. The highest BCUT2D eigenvalue weighted by Crippen LogP contribution is 2.39. The fourth-order valence-electron chi connectivity index (χ4n) is 2.19. The van der Waals surface area contributed by atoms with Gasteiger partial charge in [-0.25, -0.2) is 0 Å². The standard InChI is InChI=1S/C15H17NO2/c1-11-5-6-13-12(14(11)17-3)7-9-15(2,18-13)8-4-10-16/h5-7,9H,4,8H2,1-3H3. The van der Waals surface area contributed by atoms with E-state index in [2.05, 4.69) is 6.07 Å². The molecule has 0 bridgehead atoms. The lowest BCUT2D eigenvalue weighted by molar-refractivity contribution is 0.128. The molecule has 1 aliphatic heterocycles. The summed E-state index contributed by atoms with van der Waals surface area (Å²) >= 11 is 0. The molecule has 3 nitrogen and oxygen atoms in total. The summed E-state index contributed by atoms with van der Waals surface area (Å²) < 4.78 is 11.4. The average Bonchev–Trinajstić information content (AvgIpc) is 2.37. The molecule has 0 radical (unpaired) electrons. The highest BCUT2D eigenvalue weighted by Gasteiger charge is 2.28. The molecule has 1 unspecified atom stereocenters. The van der Waals surface area contributed by atoms with E-state index in [1.54, 1.807) is 7.11 Å². The molecule has 1 aromatic carbocycles. The van der Waals surface area contributed by atoms with Crippen molar-refractivity contribution in [3.05, 3.63) is 29.3 Å². The third kappa shape index (κ3) is 2.19. The molecule has 2 rings (SSSR count). The van der Waals surface area contributed by atoms with Gasteiger partial charge >= 0.3 is 0 Å². The average molecular weight is 243 g/mol. The van der Waals surface area contributed by atoms with Crippen molar-refractivity contribution in [3.63, 3.8) is 0 Å². The maximum absolute atomic E-state index is 8.68. The van der Waals surface area contributed by atoms with E-state index in [1.165, 1.54) is 0 Å². The Morgan fingerprint density at radius 3 is 2.89 bits per heavy atom. The maximum Gasteiger partial charge on any atom is 0.132 e. The minimum absolute atomic E-state index is 0.400. The Morgan fingerprint density at radius 1 is 1.44 bits per heavy atom. The van der Waals surface area contributed by atoms with E-state index in [0.717, 1.165) is 22.6 Å². The first kappa shape index (κ1) is 12.5. The first-order valence-electron chi connectivity index (χ1n) is 6.02. The van der Waals surface area contributed by atoms with Crippen LogP contribution in [-0.4, -0.2) is 12.7 Å². The molecule has 94 valence electrons. The molecule has 0 amide bonds. The van der Waals surface area contributed by atoms with Gasteiger partial charge in [0.1, 0.15) is 17.1 Å². The van der Waals surface area contributed by atoms with Gasteiger partial charge in [-0.3, -0.25) is 0 Å². The molecule has 1 atom stereocenters. The van der Waals surface area contributed by atoms with Crippen LogP contribution in [0.3, 0.4) is 0 Å². The van der Waals surface area contributed by atoms with E-state index in [0.29, 0.717) is 12.8 Å². The van der Waals surface area contributed by atoms with Gasteiger partial charge in [-0.15, -0.1) is 0 Å². The van der Waals surface area contributed by atoms with Crippen LogP contribution in [0.25, 0.3) is 6.08 Å². The van der Waals surface area contributed by atoms with Gasteiger partial charge in [0.05, 0.1) is 18.7 Å². The number of hydrogen-bond donors (Lipinski definition) is 0. The van der Waals surface area contributed by atoms with Crippen LogP contribution in [0, 0.1) is 18.3 Å². The SMILES string of the molecule is COc1c(C)ccc2c1C=CC(C)(CCC#N)O2. The number of fused-ring (bicyclic) bond motifs is 1. The number of benzene rings is 1. The zero-order valence-electron chi connectivity index (χ0n) is 11.0. The lowest BCUT2D eigenvalue weighted by Gasteiger charge is -2.31. The summed E-state index contributed by atoms with van der Waals surface area (Å²) in [4.78, 5) is 0. The summed E-state index contributed by atoms with van der Waals surface area (Å²) in [6.07, 6.45) is 5.21. The van der Waals surface area contributed by atoms with Crippen molar-refractivity contribution < 1.29 is 9.47 Å². The van der Waals surface area contributed by atoms with Crippen LogP contribution < -0.4 is 9.47 Å². The second-order valence-electron chi connectivity index (χ2n) is 4.73. The molecule has 0 spiro atoms. The molecule has 0 fully saturated rings. The zero-order valence-corrected chi connectivity index (χ0v) is 11.0. The number of hydrogen-bond acceptors (Lipinski definition) is 3. The van der Waals surface area contributed by atoms with Crippen molar-refractivity contribution in [2.75, 3.05) is 7.11 Å². The Hall–Kier alpha value is -1.95. The third-order valence-electron chi connectivity index (χ3n) is 3.24. The van der Waals surface area contributed by atoms with E-state index in [4.69, 9.17) is 14.7 Å². The van der Waals surface area contributed by atoms with Crippen LogP contribution in [0.1, 0.15) is 30.9 Å². The molecule has 0 aliphatic carbocycles. The van der Waals surface area contributed by atoms with Gasteiger partial charge in [0.25, 0.3) is 0 Å². The summed E-state index contributed by atoms with van der Waals surface area (Å²) in [5, 5.41) is 8.68. The van der Waals surface area contributed by atoms with Gasteiger partial charge in [-0.2, -0.15) is 5.26 Å². The summed E-state index contributed by atoms with van der Waals surface area (Å²) in [5.41, 5.74) is 1.67. The monoisotopic (exact) mass is 243 g/mol. The Balaban J connectivity index is 2.35. The lowest BCUT2D eigenvalue weighted by Crippen LogP contribution is -2.31. The van der Waals surface area contributed by atoms with Crippen molar-refractivity contribution in [1.82, 2.24) is 0 Å². The van der Waals surface area contributed by atoms with Crippen molar-refractivity contribution in [2.24, 2.45) is 0 Å². The van der Waals surface area contributed by atoms with Gasteiger partial charge in [0.15, 0.2) is 0 Å². The number of nitriles is 1. The third-order valence-corrected chi connectivity index (χ3v) is 3.24. The largest absolute Gasteiger partial charge is 0.496 e. The van der Waals surface area contributed by atoms with Gasteiger partial charge in [-0.05, 0) is 37.6 Å². The predicted molar refractivity (Wildman–Crippen MR) is 70.6 cm³/mol. The van der Waals surface area contributed by atoms with Crippen LogP contribution in [0.15, 0.2) is 18.2 Å². The molecule has 0 aromatic heterocycles. The van der Waals surface area contributed by atoms with Crippen molar-refractivity contribution in [2.45, 2.75) is 32.3 Å². The summed E-state index contributed by atoms with van der Waals surface area (Å²) in [7, 11) is 1.67. The fraction of sp³-hybridized carbons (Fsp3) is 0.400. The second-order valence-corrected chi connectivity index (χ2v) is 4.73. The number of nitrogens with zero attached hydrogens (tertiary/aromatic N) is 1. The van der Waals surface area contributed by atoms with Crippen molar-refractivity contribution in [1.29, 1.82) is 5.26 Å². The zero-order chi connectivity index (χ0) is 13.2. The van der Waals surface area contributed by atoms with Crippen molar-refractivity contribution in [3.8, 4) is 17.6 Å². The van der Waals surface area contributed by atoms with E-state index in [-0.39, 0.29) is 0 Å². The van der Waals surface area contributed by atoms with Crippen LogP contribution in [0.2, 0.25) is 0 Å². The summed E-state index contributed by atoms with van der Waals surface area (Å²) in [6, 6.07) is 6.10. The molecule has 18 heavy (non-hydrogen) atoms. The summed E-state index contributed by atoms with van der Waals surface area (Å²) in [6.45, 7) is 4.01. The molecular formula is C15H17NO2. The molecule has 0 saturated carbocycles. The predicted octanol–water partition coefficient (Wildman–Crippen LogP) is 3.47. The van der Waals surface area contributed by atoms with Crippen LogP contribution in [0.5, 0.6) is 11.5 Å². The highest BCUT2D eigenvalue weighted by atomic mass is 16.5. The van der Waals surface area contributed by atoms with Gasteiger partial charge in [0.2, 0.25) is 0 Å². The van der Waals surface area contributed by atoms with Gasteiger partial charge in [0, 0.05) is 12.8 Å². The van der Waals surface area contributed by atoms with Crippen molar-refractivity contribution >= 4 is 6.08 Å². The molecule has 0 N–H and O–H groups in total. The van der Waals surface area contributed by atoms with E-state index in [1.807, 2.05) is 38.1 Å². The minimum Gasteiger partial charge on any atom is -0.496 e. The van der Waals surface area contributed by atoms with Crippen LogP contribution in [-0.2, 0) is 0 Å². The number of aryl methyl sites for hydroxylation is 1. The molecule has 3 heteroatoms. The fourth-order valence-corrected chi connectivity index (χ4v) is 2.19. The molecule has 1 heterocycles. The van der Waals surface area contributed by atoms with Gasteiger partial charge < -0.3 is 9.47 Å². The van der Waals surface area contributed by atoms with E-state index < -0.39 is 5.60 Å². The summed E-state index contributed by atoms with van der Waals surface area (Å²) in [5.74, 6) is 1.67. The minimum atomic E-state index is -0.400. The first-order chi connectivity index (χ1) is 8.59. The molecule has 1 aliphatic rings.